The zero-order chi connectivity index (χ0) is 24.1. The molecule has 6 atom stereocenters. The molecule has 2 N–H and O–H groups in total. The van der Waals surface area contributed by atoms with Gasteiger partial charge in [0, 0.05) is 0 Å². The number of likely N-dealkylation sites (tertiary alicyclic amines) is 1. The number of anilines is 1. The van der Waals surface area contributed by atoms with Gasteiger partial charge in [0.15, 0.2) is 0 Å². The van der Waals surface area contributed by atoms with Crippen LogP contribution in [-0.4, -0.2) is 64.3 Å². The number of nitrogens with one attached hydrogen (secondary N) is 1. The molecule has 3 saturated heterocycles. The molecular weight excluding hydrogens is 448 g/mol. The molecule has 2 bridgehead atoms. The number of amides is 2. The zero-order valence-corrected chi connectivity index (χ0v) is 20.1. The minimum atomic E-state index is -1.18. The largest absolute Gasteiger partial charge is 0.466 e. The second-order valence-electron chi connectivity index (χ2n) is 9.39. The molecule has 3 aliphatic heterocycles. The molecule has 4 rings (SSSR count). The molecule has 3 heterocycles. The van der Waals surface area contributed by atoms with Crippen LogP contribution < -0.4 is 5.32 Å². The number of para-hydroxylation sites is 1. The second kappa shape index (κ2) is 8.56. The SMILES string of the molecule is CCOC(=O)[C@H]1[C@H]2C(=O)N([C@@H](CC)CO)C(C(=O)Nc3c(C)cccc3Cl)C23CC[C@]1(C)O3. The van der Waals surface area contributed by atoms with Gasteiger partial charge in [-0.15, -0.1) is 0 Å². The smallest absolute Gasteiger partial charge is 0.312 e. The molecule has 0 radical (unpaired) electrons. The predicted molar refractivity (Wildman–Crippen MR) is 122 cm³/mol. The van der Waals surface area contributed by atoms with Gasteiger partial charge in [-0.25, -0.2) is 0 Å². The van der Waals surface area contributed by atoms with Crippen molar-refractivity contribution in [2.75, 3.05) is 18.5 Å². The highest BCUT2D eigenvalue weighted by Crippen LogP contribution is 2.63. The number of hydrogen-bond donors (Lipinski definition) is 2. The summed E-state index contributed by atoms with van der Waals surface area (Å²) in [4.78, 5) is 42.0. The Bertz CT molecular complexity index is 961. The van der Waals surface area contributed by atoms with Crippen molar-refractivity contribution in [2.45, 2.75) is 70.2 Å². The minimum Gasteiger partial charge on any atom is -0.466 e. The third-order valence-electron chi connectivity index (χ3n) is 7.55. The van der Waals surface area contributed by atoms with Crippen LogP contribution in [0.1, 0.15) is 45.6 Å². The standard InChI is InChI=1S/C24H31ClN2O6/c1-5-14(12-28)27-19(20(29)26-18-13(3)8-7-9-15(18)25)24-11-10-23(4,33-24)17(16(24)21(27)30)22(31)32-6-2/h7-9,14,16-17,19,28H,5-6,10-12H2,1-4H3,(H,26,29)/t14-,16-,17+,19?,23-,24?/m0/s1. The summed E-state index contributed by atoms with van der Waals surface area (Å²) in [5.41, 5.74) is -0.819. The Balaban J connectivity index is 1.79. The number of esters is 1. The Hall–Kier alpha value is -2.16. The van der Waals surface area contributed by atoms with Crippen LogP contribution in [0.5, 0.6) is 0 Å². The molecule has 2 amide bonds. The van der Waals surface area contributed by atoms with Crippen LogP contribution in [0.4, 0.5) is 5.69 Å². The van der Waals surface area contributed by atoms with Crippen LogP contribution in [-0.2, 0) is 23.9 Å². The number of aliphatic hydroxyl groups excluding tert-OH is 1. The maximum Gasteiger partial charge on any atom is 0.312 e. The summed E-state index contributed by atoms with van der Waals surface area (Å²) in [6.45, 7) is 7.09. The van der Waals surface area contributed by atoms with E-state index in [2.05, 4.69) is 5.32 Å². The summed E-state index contributed by atoms with van der Waals surface area (Å²) in [5, 5.41) is 13.3. The lowest BCUT2D eigenvalue weighted by Gasteiger charge is -2.36. The predicted octanol–water partition coefficient (Wildman–Crippen LogP) is 2.69. The number of nitrogens with zero attached hydrogens (tertiary/aromatic N) is 1. The molecule has 3 aliphatic rings. The molecule has 33 heavy (non-hydrogen) atoms. The Morgan fingerprint density at radius 1 is 1.36 bits per heavy atom. The van der Waals surface area contributed by atoms with Crippen LogP contribution in [0.2, 0.25) is 5.02 Å². The van der Waals surface area contributed by atoms with E-state index in [-0.39, 0.29) is 19.1 Å². The molecule has 8 nitrogen and oxygen atoms in total. The molecule has 1 spiro atoms. The van der Waals surface area contributed by atoms with Crippen LogP contribution in [0, 0.1) is 18.8 Å². The number of carbonyl (C=O) groups excluding carboxylic acids is 3. The third-order valence-corrected chi connectivity index (χ3v) is 7.86. The van der Waals surface area contributed by atoms with Gasteiger partial charge in [0.25, 0.3) is 0 Å². The number of ether oxygens (including phenoxy) is 2. The fourth-order valence-electron chi connectivity index (χ4n) is 6.04. The maximum absolute atomic E-state index is 13.8. The Morgan fingerprint density at radius 3 is 2.70 bits per heavy atom. The summed E-state index contributed by atoms with van der Waals surface area (Å²) in [6, 6.07) is 3.71. The number of hydrogen-bond acceptors (Lipinski definition) is 6. The second-order valence-corrected chi connectivity index (χ2v) is 9.80. The first-order chi connectivity index (χ1) is 15.6. The summed E-state index contributed by atoms with van der Waals surface area (Å²) >= 11 is 6.34. The first-order valence-corrected chi connectivity index (χ1v) is 11.9. The molecule has 1 aromatic carbocycles. The minimum absolute atomic E-state index is 0.187. The molecule has 0 aliphatic carbocycles. The van der Waals surface area contributed by atoms with E-state index in [1.165, 1.54) is 4.90 Å². The maximum atomic E-state index is 13.8. The van der Waals surface area contributed by atoms with E-state index >= 15 is 0 Å². The number of benzene rings is 1. The monoisotopic (exact) mass is 478 g/mol. The first-order valence-electron chi connectivity index (χ1n) is 11.5. The Morgan fingerprint density at radius 2 is 2.09 bits per heavy atom. The highest BCUT2D eigenvalue weighted by Gasteiger charge is 2.78. The van der Waals surface area contributed by atoms with E-state index in [4.69, 9.17) is 21.1 Å². The lowest BCUT2D eigenvalue weighted by molar-refractivity contribution is -0.160. The van der Waals surface area contributed by atoms with Crippen LogP contribution in [0.25, 0.3) is 0 Å². The van der Waals surface area contributed by atoms with E-state index in [1.54, 1.807) is 19.1 Å². The lowest BCUT2D eigenvalue weighted by Crippen LogP contribution is -2.56. The van der Waals surface area contributed by atoms with Gasteiger partial charge in [-0.2, -0.15) is 0 Å². The van der Waals surface area contributed by atoms with Gasteiger partial charge >= 0.3 is 5.97 Å². The van der Waals surface area contributed by atoms with Gasteiger partial charge < -0.3 is 24.8 Å². The van der Waals surface area contributed by atoms with Gasteiger partial charge in [-0.3, -0.25) is 14.4 Å². The van der Waals surface area contributed by atoms with Crippen molar-refractivity contribution < 1.29 is 29.0 Å². The molecule has 3 fully saturated rings. The molecule has 1 aromatic rings. The van der Waals surface area contributed by atoms with Gasteiger partial charge in [0.2, 0.25) is 11.8 Å². The van der Waals surface area contributed by atoms with Crippen molar-refractivity contribution >= 4 is 35.1 Å². The van der Waals surface area contributed by atoms with E-state index in [0.717, 1.165) is 5.56 Å². The van der Waals surface area contributed by atoms with Crippen molar-refractivity contribution in [1.29, 1.82) is 0 Å². The number of carbonyl (C=O) groups is 3. The van der Waals surface area contributed by atoms with Gasteiger partial charge in [-0.05, 0) is 51.7 Å². The Kier molecular flexibility index (Phi) is 6.22. The molecule has 0 saturated carbocycles. The van der Waals surface area contributed by atoms with Crippen molar-refractivity contribution in [3.05, 3.63) is 28.8 Å². The number of halogens is 1. The van der Waals surface area contributed by atoms with E-state index in [1.807, 2.05) is 26.8 Å². The summed E-state index contributed by atoms with van der Waals surface area (Å²) in [7, 11) is 0. The summed E-state index contributed by atoms with van der Waals surface area (Å²) in [6.07, 6.45) is 1.42. The number of aryl methyl sites for hydroxylation is 1. The van der Waals surface area contributed by atoms with Gasteiger partial charge in [0.1, 0.15) is 17.6 Å². The third kappa shape index (κ3) is 3.45. The molecule has 0 aromatic heterocycles. The average molecular weight is 479 g/mol. The van der Waals surface area contributed by atoms with Gasteiger partial charge in [0.05, 0.1) is 41.5 Å². The van der Waals surface area contributed by atoms with Crippen molar-refractivity contribution in [1.82, 2.24) is 4.90 Å². The topological polar surface area (TPSA) is 105 Å². The molecule has 9 heteroatoms. The number of fused-ring (bicyclic) bond motifs is 1. The van der Waals surface area contributed by atoms with E-state index in [9.17, 15) is 19.5 Å². The zero-order valence-electron chi connectivity index (χ0n) is 19.4. The summed E-state index contributed by atoms with van der Waals surface area (Å²) in [5.74, 6) is -2.94. The van der Waals surface area contributed by atoms with Crippen LogP contribution in [0.15, 0.2) is 18.2 Å². The molecule has 180 valence electrons. The van der Waals surface area contributed by atoms with Crippen molar-refractivity contribution in [2.24, 2.45) is 11.8 Å². The van der Waals surface area contributed by atoms with Crippen molar-refractivity contribution in [3.63, 3.8) is 0 Å². The normalized spacial score (nSPS) is 33.2. The fraction of sp³-hybridized carbons (Fsp3) is 0.625. The van der Waals surface area contributed by atoms with E-state index in [0.29, 0.717) is 30.0 Å². The van der Waals surface area contributed by atoms with Gasteiger partial charge in [-0.1, -0.05) is 30.7 Å². The Labute approximate surface area is 198 Å². The number of aliphatic hydroxyl groups is 1. The quantitative estimate of drug-likeness (QED) is 0.584. The van der Waals surface area contributed by atoms with Crippen LogP contribution in [0.3, 0.4) is 0 Å². The number of rotatable bonds is 7. The fourth-order valence-corrected chi connectivity index (χ4v) is 6.31. The average Bonchev–Trinajstić information content (AvgIpc) is 3.33. The van der Waals surface area contributed by atoms with Crippen LogP contribution >= 0.6 is 11.6 Å². The summed E-state index contributed by atoms with van der Waals surface area (Å²) < 4.78 is 11.8. The van der Waals surface area contributed by atoms with Crippen molar-refractivity contribution in [3.8, 4) is 0 Å². The molecule has 2 unspecified atom stereocenters. The molecular formula is C24H31ClN2O6. The highest BCUT2D eigenvalue weighted by molar-refractivity contribution is 6.34. The lowest BCUT2D eigenvalue weighted by atomic mass is 9.66. The highest BCUT2D eigenvalue weighted by atomic mass is 35.5. The first kappa shape index (κ1) is 24.0. The van der Waals surface area contributed by atoms with E-state index < -0.39 is 47.0 Å².